The predicted octanol–water partition coefficient (Wildman–Crippen LogP) is 3.76. The molecular weight excluding hydrogens is 582 g/mol. The molecule has 3 aromatic carbocycles. The molecule has 1 aliphatic heterocycles. The quantitative estimate of drug-likeness (QED) is 0.209. The maximum Gasteiger partial charge on any atom is 0.273 e. The van der Waals surface area contributed by atoms with E-state index >= 15 is 0 Å². The van der Waals surface area contributed by atoms with Gasteiger partial charge in [-0.1, -0.05) is 57.2 Å². The normalized spacial score (nSPS) is 14.1. The molecule has 3 aromatic rings. The van der Waals surface area contributed by atoms with Crippen molar-refractivity contribution in [3.05, 3.63) is 94.4 Å². The SMILES string of the molecule is COc1c(NC(=O)c2ccc(C)c(N3NNC(C(=O)N[C@H](C)c4ccccc4)=C3N)c2)cc(C(C)(C)C)cc1NS(C)(=O)=O. The van der Waals surface area contributed by atoms with E-state index in [1.807, 2.05) is 65.0 Å². The van der Waals surface area contributed by atoms with Crippen LogP contribution in [-0.4, -0.2) is 33.6 Å². The van der Waals surface area contributed by atoms with Crippen LogP contribution in [0.1, 0.15) is 60.8 Å². The first-order valence-electron chi connectivity index (χ1n) is 13.9. The van der Waals surface area contributed by atoms with Crippen LogP contribution in [0.15, 0.2) is 72.2 Å². The van der Waals surface area contributed by atoms with Gasteiger partial charge in [0.1, 0.15) is 0 Å². The van der Waals surface area contributed by atoms with Gasteiger partial charge in [-0.05, 0) is 60.2 Å². The summed E-state index contributed by atoms with van der Waals surface area (Å²) in [7, 11) is -2.23. The average Bonchev–Trinajstić information content (AvgIpc) is 3.33. The van der Waals surface area contributed by atoms with Gasteiger partial charge in [0, 0.05) is 5.56 Å². The molecule has 0 aliphatic carbocycles. The van der Waals surface area contributed by atoms with Gasteiger partial charge in [-0.25, -0.2) is 13.4 Å². The van der Waals surface area contributed by atoms with E-state index in [1.165, 1.54) is 12.1 Å². The van der Waals surface area contributed by atoms with Crippen LogP contribution in [0.2, 0.25) is 0 Å². The Morgan fingerprint density at radius 3 is 2.27 bits per heavy atom. The Labute approximate surface area is 258 Å². The number of nitrogens with zero attached hydrogens (tertiary/aromatic N) is 1. The number of benzene rings is 3. The number of anilines is 3. The minimum absolute atomic E-state index is 0.124. The molecule has 0 unspecified atom stereocenters. The third-order valence-electron chi connectivity index (χ3n) is 7.08. The Bertz CT molecular complexity index is 1720. The third kappa shape index (κ3) is 7.24. The van der Waals surface area contributed by atoms with Crippen LogP contribution in [0.25, 0.3) is 0 Å². The minimum atomic E-state index is -3.63. The van der Waals surface area contributed by atoms with Crippen LogP contribution in [0.3, 0.4) is 0 Å². The second kappa shape index (κ2) is 12.5. The molecule has 1 heterocycles. The van der Waals surface area contributed by atoms with E-state index in [9.17, 15) is 18.0 Å². The molecule has 13 heteroatoms. The number of nitrogens with one attached hydrogen (secondary N) is 5. The Kier molecular flexibility index (Phi) is 9.11. The number of sulfonamides is 1. The fourth-order valence-corrected chi connectivity index (χ4v) is 5.19. The summed E-state index contributed by atoms with van der Waals surface area (Å²) >= 11 is 0. The zero-order valence-corrected chi connectivity index (χ0v) is 26.6. The molecule has 4 rings (SSSR count). The minimum Gasteiger partial charge on any atom is -0.492 e. The van der Waals surface area contributed by atoms with Crippen LogP contribution in [0, 0.1) is 6.92 Å². The second-order valence-corrected chi connectivity index (χ2v) is 13.4. The van der Waals surface area contributed by atoms with Crippen molar-refractivity contribution in [2.24, 2.45) is 5.73 Å². The molecule has 0 spiro atoms. The molecule has 1 aliphatic rings. The van der Waals surface area contributed by atoms with Gasteiger partial charge in [0.05, 0.1) is 36.5 Å². The Hall–Kier alpha value is -4.75. The highest BCUT2D eigenvalue weighted by Gasteiger charge is 2.29. The monoisotopic (exact) mass is 621 g/mol. The fraction of sp³-hybridized carbons (Fsp3) is 0.290. The van der Waals surface area contributed by atoms with Gasteiger partial charge >= 0.3 is 0 Å². The summed E-state index contributed by atoms with van der Waals surface area (Å²) in [6, 6.07) is 17.8. The van der Waals surface area contributed by atoms with Crippen LogP contribution in [0.4, 0.5) is 17.1 Å². The number of methoxy groups -OCH3 is 1. The molecule has 0 fully saturated rings. The molecule has 0 bridgehead atoms. The van der Waals surface area contributed by atoms with Crippen LogP contribution in [0.5, 0.6) is 5.75 Å². The molecule has 0 saturated carbocycles. The Balaban J connectivity index is 1.62. The molecule has 0 radical (unpaired) electrons. The van der Waals surface area contributed by atoms with Crippen molar-refractivity contribution in [2.45, 2.75) is 46.1 Å². The average molecular weight is 622 g/mol. The number of carbonyl (C=O) groups excluding carboxylic acids is 2. The summed E-state index contributed by atoms with van der Waals surface area (Å²) in [5, 5.41) is 7.29. The molecule has 234 valence electrons. The number of hydrogen-bond donors (Lipinski definition) is 6. The van der Waals surface area contributed by atoms with Crippen molar-refractivity contribution >= 4 is 38.9 Å². The maximum absolute atomic E-state index is 13.6. The van der Waals surface area contributed by atoms with Gasteiger partial charge in [0.2, 0.25) is 10.0 Å². The summed E-state index contributed by atoms with van der Waals surface area (Å²) in [6.45, 7) is 9.65. The molecular formula is C31H39N7O5S. The molecule has 0 saturated heterocycles. The molecule has 7 N–H and O–H groups in total. The predicted molar refractivity (Wildman–Crippen MR) is 172 cm³/mol. The largest absolute Gasteiger partial charge is 0.492 e. The second-order valence-electron chi connectivity index (χ2n) is 11.6. The van der Waals surface area contributed by atoms with E-state index < -0.39 is 21.8 Å². The molecule has 12 nitrogen and oxygen atoms in total. The zero-order chi connectivity index (χ0) is 32.4. The van der Waals surface area contributed by atoms with Crippen molar-refractivity contribution < 1.29 is 22.7 Å². The van der Waals surface area contributed by atoms with Gasteiger partial charge in [-0.2, -0.15) is 0 Å². The number of hydrazine groups is 2. The highest BCUT2D eigenvalue weighted by Crippen LogP contribution is 2.39. The van der Waals surface area contributed by atoms with Gasteiger partial charge in [-0.3, -0.25) is 19.7 Å². The first kappa shape index (κ1) is 32.2. The maximum atomic E-state index is 13.6. The highest BCUT2D eigenvalue weighted by atomic mass is 32.2. The van der Waals surface area contributed by atoms with Gasteiger partial charge in [-0.15, -0.1) is 5.53 Å². The Morgan fingerprint density at radius 2 is 1.66 bits per heavy atom. The van der Waals surface area contributed by atoms with Gasteiger partial charge in [0.15, 0.2) is 17.3 Å². The first-order valence-corrected chi connectivity index (χ1v) is 15.8. The van der Waals surface area contributed by atoms with Crippen LogP contribution < -0.4 is 41.8 Å². The smallest absolute Gasteiger partial charge is 0.273 e. The Morgan fingerprint density at radius 1 is 1.00 bits per heavy atom. The van der Waals surface area contributed by atoms with Gasteiger partial charge < -0.3 is 21.1 Å². The van der Waals surface area contributed by atoms with Crippen molar-refractivity contribution in [3.8, 4) is 5.75 Å². The number of amides is 2. The number of aryl methyl sites for hydroxylation is 1. The fourth-order valence-electron chi connectivity index (χ4n) is 4.64. The van der Waals surface area contributed by atoms with Crippen LogP contribution in [-0.2, 0) is 20.2 Å². The summed E-state index contributed by atoms with van der Waals surface area (Å²) in [4.78, 5) is 26.6. The highest BCUT2D eigenvalue weighted by molar-refractivity contribution is 7.92. The lowest BCUT2D eigenvalue weighted by Crippen LogP contribution is -2.41. The van der Waals surface area contributed by atoms with Crippen LogP contribution >= 0.6 is 0 Å². The van der Waals surface area contributed by atoms with E-state index in [0.29, 0.717) is 11.4 Å². The molecule has 44 heavy (non-hydrogen) atoms. The third-order valence-corrected chi connectivity index (χ3v) is 7.67. The van der Waals surface area contributed by atoms with E-state index in [1.54, 1.807) is 30.3 Å². The number of carbonyl (C=O) groups is 2. The van der Waals surface area contributed by atoms with E-state index in [4.69, 9.17) is 10.5 Å². The molecule has 1 atom stereocenters. The van der Waals surface area contributed by atoms with Gasteiger partial charge in [0.25, 0.3) is 11.8 Å². The van der Waals surface area contributed by atoms with E-state index in [0.717, 1.165) is 22.9 Å². The van der Waals surface area contributed by atoms with E-state index in [2.05, 4.69) is 26.3 Å². The lowest BCUT2D eigenvalue weighted by molar-refractivity contribution is -0.118. The lowest BCUT2D eigenvalue weighted by Gasteiger charge is -2.24. The number of hydrogen-bond acceptors (Lipinski definition) is 9. The summed E-state index contributed by atoms with van der Waals surface area (Å²) < 4.78 is 32.2. The lowest BCUT2D eigenvalue weighted by atomic mass is 9.86. The summed E-state index contributed by atoms with van der Waals surface area (Å²) in [5.74, 6) is -0.573. The summed E-state index contributed by atoms with van der Waals surface area (Å²) in [6.07, 6.45) is 1.04. The first-order chi connectivity index (χ1) is 20.6. The summed E-state index contributed by atoms with van der Waals surface area (Å²) in [5.41, 5.74) is 15.7. The van der Waals surface area contributed by atoms with Crippen molar-refractivity contribution in [1.29, 1.82) is 0 Å². The standard InChI is InChI=1S/C31H39N7O5S/c1-18-13-14-21(29(39)34-23-16-22(31(3,4)5)17-24(27(23)43-6)36-44(7,41)42)15-25(18)38-28(32)26(35-37-38)30(40)33-19(2)20-11-9-8-10-12-20/h8-17,19,35-37H,32H2,1-7H3,(H,33,40)(H,34,39)/t19-/m1/s1. The van der Waals surface area contributed by atoms with Crippen molar-refractivity contribution in [2.75, 3.05) is 28.4 Å². The van der Waals surface area contributed by atoms with E-state index in [-0.39, 0.29) is 40.0 Å². The number of rotatable bonds is 9. The zero-order valence-electron chi connectivity index (χ0n) is 25.8. The topological polar surface area (TPSA) is 167 Å². The molecule has 0 aromatic heterocycles. The number of nitrogens with two attached hydrogens (primary N) is 1. The van der Waals surface area contributed by atoms with Crippen molar-refractivity contribution in [3.63, 3.8) is 0 Å². The number of ether oxygens (including phenoxy) is 1. The van der Waals surface area contributed by atoms with Crippen molar-refractivity contribution in [1.82, 2.24) is 16.3 Å². The molecule has 2 amide bonds.